The number of fused-ring (bicyclic) bond motifs is 9. The lowest BCUT2D eigenvalue weighted by Gasteiger charge is -2.30. The molecule has 2 amide bonds. The molecule has 2 aromatic carbocycles. The number of aromatic nitrogens is 1. The molecule has 3 N–H and O–H groups in total. The van der Waals surface area contributed by atoms with Crippen LogP contribution in [-0.2, 0) is 21.5 Å². The Morgan fingerprint density at radius 3 is 2.47 bits per heavy atom. The molecule has 5 unspecified atom stereocenters. The molecule has 2 bridgehead atoms. The highest BCUT2D eigenvalue weighted by molar-refractivity contribution is 7.88. The summed E-state index contributed by atoms with van der Waals surface area (Å²) in [6.45, 7) is 7.60. The first-order valence-electron chi connectivity index (χ1n) is 18.3. The van der Waals surface area contributed by atoms with Crippen LogP contribution in [0.25, 0.3) is 22.2 Å². The summed E-state index contributed by atoms with van der Waals surface area (Å²) >= 11 is 0. The molecule has 3 aromatic rings. The van der Waals surface area contributed by atoms with Gasteiger partial charge >= 0.3 is 10.2 Å². The molecule has 5 aliphatic rings. The minimum absolute atomic E-state index is 0.0500. The minimum atomic E-state index is -3.98. The molecule has 0 spiro atoms. The third-order valence-corrected chi connectivity index (χ3v) is 14.6. The highest BCUT2D eigenvalue weighted by Gasteiger charge is 2.64. The maximum atomic E-state index is 14.8. The van der Waals surface area contributed by atoms with Gasteiger partial charge in [-0.25, -0.2) is 9.44 Å². The number of ether oxygens (including phenoxy) is 1. The van der Waals surface area contributed by atoms with Gasteiger partial charge in [-0.1, -0.05) is 52.5 Å². The monoisotopic (exact) mass is 686 g/mol. The largest absolute Gasteiger partial charge is 0.497 e. The van der Waals surface area contributed by atoms with E-state index < -0.39 is 21.5 Å². The van der Waals surface area contributed by atoms with E-state index in [2.05, 4.69) is 52.2 Å². The van der Waals surface area contributed by atoms with Gasteiger partial charge in [-0.3, -0.25) is 9.59 Å². The van der Waals surface area contributed by atoms with Gasteiger partial charge in [-0.05, 0) is 103 Å². The van der Waals surface area contributed by atoms with Crippen LogP contribution in [0.4, 0.5) is 0 Å². The van der Waals surface area contributed by atoms with Gasteiger partial charge in [0.2, 0.25) is 5.91 Å². The summed E-state index contributed by atoms with van der Waals surface area (Å²) in [5.74, 6) is 2.49. The molecule has 6 atom stereocenters. The van der Waals surface area contributed by atoms with Crippen molar-refractivity contribution in [2.45, 2.75) is 103 Å². The number of carbonyl (C=O) groups is 2. The molecule has 10 heteroatoms. The van der Waals surface area contributed by atoms with Crippen LogP contribution < -0.4 is 19.5 Å². The second-order valence-electron chi connectivity index (χ2n) is 16.2. The number of benzene rings is 2. The third-order valence-electron chi connectivity index (χ3n) is 13.6. The van der Waals surface area contributed by atoms with Crippen molar-refractivity contribution >= 4 is 32.9 Å². The van der Waals surface area contributed by atoms with E-state index in [9.17, 15) is 18.0 Å². The van der Waals surface area contributed by atoms with Crippen LogP contribution >= 0.6 is 0 Å². The van der Waals surface area contributed by atoms with Crippen molar-refractivity contribution in [3.8, 4) is 17.0 Å². The van der Waals surface area contributed by atoms with Crippen molar-refractivity contribution in [1.82, 2.24) is 19.3 Å². The number of nitrogens with one attached hydrogen (secondary N) is 3. The highest BCUT2D eigenvalue weighted by atomic mass is 32.2. The maximum absolute atomic E-state index is 14.8. The van der Waals surface area contributed by atoms with Crippen molar-refractivity contribution in [2.75, 3.05) is 14.2 Å². The zero-order valence-corrected chi connectivity index (χ0v) is 30.2. The molecule has 4 saturated carbocycles. The van der Waals surface area contributed by atoms with Crippen LogP contribution in [0, 0.1) is 28.6 Å². The fourth-order valence-electron chi connectivity index (χ4n) is 10.9. The fraction of sp³-hybridized carbons (Fsp3) is 0.590. The van der Waals surface area contributed by atoms with Gasteiger partial charge in [0.05, 0.1) is 18.2 Å². The quantitative estimate of drug-likeness (QED) is 0.246. The van der Waals surface area contributed by atoms with Gasteiger partial charge in [0, 0.05) is 47.6 Å². The third kappa shape index (κ3) is 5.06. The van der Waals surface area contributed by atoms with Crippen LogP contribution in [0.5, 0.6) is 5.75 Å². The normalized spacial score (nSPS) is 29.9. The van der Waals surface area contributed by atoms with E-state index in [4.69, 9.17) is 4.74 Å². The Morgan fingerprint density at radius 2 is 1.80 bits per heavy atom. The standard InChI is InChI=1S/C39H50N4O5S/c1-6-22-16-30-32(19-29(22)38(30,2)3)41-37(45)39-20-31(39)28-18-25(48-5)13-15-26(28)35-34(23-10-8-7-9-11-23)27-14-12-24(17-33(27)43(35)21-39)36(44)42-49(46,47)40-4/h12-15,17-18,22-23,29-32,40H,6-11,16,19-21H2,1-5H3,(H,41,45)(H,42,44)/t22?,29?,30?,31?,32-,39?/m0/s1. The van der Waals surface area contributed by atoms with E-state index in [1.165, 1.54) is 44.7 Å². The van der Waals surface area contributed by atoms with Crippen LogP contribution in [0.15, 0.2) is 36.4 Å². The van der Waals surface area contributed by atoms with Crippen molar-refractivity contribution < 1.29 is 22.7 Å². The predicted molar refractivity (Wildman–Crippen MR) is 191 cm³/mol. The van der Waals surface area contributed by atoms with Crippen molar-refractivity contribution in [3.05, 3.63) is 53.1 Å². The van der Waals surface area contributed by atoms with Crippen LogP contribution in [-0.4, -0.2) is 45.0 Å². The lowest BCUT2D eigenvalue weighted by Crippen LogP contribution is -2.45. The van der Waals surface area contributed by atoms with E-state index in [1.54, 1.807) is 13.2 Å². The topological polar surface area (TPSA) is 119 Å². The molecule has 8 rings (SSSR count). The van der Waals surface area contributed by atoms with Crippen molar-refractivity contribution in [3.63, 3.8) is 0 Å². The predicted octanol–water partition coefficient (Wildman–Crippen LogP) is 6.62. The molecule has 0 radical (unpaired) electrons. The number of nitrogens with zero attached hydrogens (tertiary/aromatic N) is 1. The lowest BCUT2D eigenvalue weighted by molar-refractivity contribution is -0.128. The summed E-state index contributed by atoms with van der Waals surface area (Å²) in [6, 6.07) is 12.0. The van der Waals surface area contributed by atoms with E-state index in [-0.39, 0.29) is 28.8 Å². The zero-order chi connectivity index (χ0) is 34.5. The number of carbonyl (C=O) groups excluding carboxylic acids is 2. The van der Waals surface area contributed by atoms with Crippen LogP contribution in [0.2, 0.25) is 0 Å². The molecule has 9 nitrogen and oxygen atoms in total. The number of amides is 2. The summed E-state index contributed by atoms with van der Waals surface area (Å²) in [5, 5.41) is 4.71. The number of hydrogen-bond acceptors (Lipinski definition) is 5. The Hall–Kier alpha value is -3.37. The average Bonchev–Trinajstić information content (AvgIpc) is 3.62. The number of methoxy groups -OCH3 is 1. The van der Waals surface area contributed by atoms with Gasteiger partial charge in [0.15, 0.2) is 0 Å². The van der Waals surface area contributed by atoms with Crippen molar-refractivity contribution in [1.29, 1.82) is 0 Å². The van der Waals surface area contributed by atoms with Gasteiger partial charge in [0.25, 0.3) is 5.91 Å². The molecule has 1 aliphatic heterocycles. The van der Waals surface area contributed by atoms with E-state index in [0.717, 1.165) is 65.1 Å². The lowest BCUT2D eigenvalue weighted by atomic mass is 9.79. The molecular weight excluding hydrogens is 637 g/mol. The Kier molecular flexibility index (Phi) is 7.76. The van der Waals surface area contributed by atoms with Gasteiger partial charge < -0.3 is 14.6 Å². The Morgan fingerprint density at radius 1 is 1.02 bits per heavy atom. The first-order valence-corrected chi connectivity index (χ1v) is 19.8. The van der Waals surface area contributed by atoms with Crippen LogP contribution in [0.3, 0.4) is 0 Å². The van der Waals surface area contributed by atoms with E-state index in [0.29, 0.717) is 24.3 Å². The van der Waals surface area contributed by atoms with E-state index >= 15 is 0 Å². The smallest absolute Gasteiger partial charge is 0.301 e. The first-order chi connectivity index (χ1) is 23.4. The Bertz CT molecular complexity index is 1960. The molecular formula is C39H50N4O5S. The number of hydrogen-bond donors (Lipinski definition) is 3. The SMILES string of the molecule is CCC1CC2[C@@H](NC(=O)C34CC3c3cc(OC)ccc3-c3c(C5CCCCC5)c5ccc(C(=O)NS(=O)(=O)NC)cc5n3C4)CC1C2(C)C. The summed E-state index contributed by atoms with van der Waals surface area (Å²) in [4.78, 5) is 28.1. The summed E-state index contributed by atoms with van der Waals surface area (Å²) < 4.78 is 36.8. The van der Waals surface area contributed by atoms with Gasteiger partial charge in [-0.2, -0.15) is 8.42 Å². The summed E-state index contributed by atoms with van der Waals surface area (Å²) in [6.07, 6.45) is 9.92. The van der Waals surface area contributed by atoms with E-state index in [1.807, 2.05) is 18.2 Å². The summed E-state index contributed by atoms with van der Waals surface area (Å²) in [7, 11) is -1.01. The molecule has 262 valence electrons. The molecule has 2 heterocycles. The van der Waals surface area contributed by atoms with Gasteiger partial charge in [0.1, 0.15) is 5.75 Å². The average molecular weight is 687 g/mol. The Balaban J connectivity index is 1.26. The fourth-order valence-corrected chi connectivity index (χ4v) is 11.4. The second kappa shape index (κ2) is 11.6. The highest BCUT2D eigenvalue weighted by Crippen LogP contribution is 2.66. The Labute approximate surface area is 290 Å². The molecule has 0 saturated heterocycles. The zero-order valence-electron chi connectivity index (χ0n) is 29.4. The molecule has 4 aliphatic carbocycles. The molecule has 4 fully saturated rings. The van der Waals surface area contributed by atoms with Crippen molar-refractivity contribution in [2.24, 2.45) is 28.6 Å². The number of rotatable bonds is 8. The van der Waals surface area contributed by atoms with Crippen LogP contribution in [0.1, 0.15) is 112 Å². The molecule has 49 heavy (non-hydrogen) atoms. The second-order valence-corrected chi connectivity index (χ2v) is 17.8. The minimum Gasteiger partial charge on any atom is -0.497 e. The first kappa shape index (κ1) is 32.8. The van der Waals surface area contributed by atoms with Gasteiger partial charge in [-0.15, -0.1) is 0 Å². The molecule has 1 aromatic heterocycles. The maximum Gasteiger partial charge on any atom is 0.301 e. The summed E-state index contributed by atoms with van der Waals surface area (Å²) in [5.41, 5.74) is 5.43.